The highest BCUT2D eigenvalue weighted by Crippen LogP contribution is 2.09. The standard InChI is InChI=1S/C14H17NO2/c1-2-3-4-5-10-15-13-8-6-12(7-9-13)11-14(16)17/h6-9,15H,2,5,10-11H2,1H3,(H,16,17). The molecule has 0 fully saturated rings. The normalized spacial score (nSPS) is 9.24. The number of carboxylic acid groups (broad SMARTS) is 1. The molecule has 17 heavy (non-hydrogen) atoms. The van der Waals surface area contributed by atoms with Gasteiger partial charge < -0.3 is 10.4 Å². The molecule has 0 saturated heterocycles. The van der Waals surface area contributed by atoms with E-state index in [1.165, 1.54) is 0 Å². The summed E-state index contributed by atoms with van der Waals surface area (Å²) in [7, 11) is 0. The number of aliphatic carboxylic acids is 1. The molecule has 0 saturated carbocycles. The van der Waals surface area contributed by atoms with Crippen LogP contribution in [0.4, 0.5) is 5.69 Å². The van der Waals surface area contributed by atoms with E-state index in [-0.39, 0.29) is 6.42 Å². The number of hydrogen-bond acceptors (Lipinski definition) is 2. The number of hydrogen-bond donors (Lipinski definition) is 2. The van der Waals surface area contributed by atoms with Crippen molar-refractivity contribution in [1.29, 1.82) is 0 Å². The first kappa shape index (κ1) is 13.1. The third kappa shape index (κ3) is 5.62. The molecule has 0 spiro atoms. The second kappa shape index (κ2) is 7.34. The quantitative estimate of drug-likeness (QED) is 0.604. The van der Waals surface area contributed by atoms with Crippen LogP contribution < -0.4 is 5.32 Å². The van der Waals surface area contributed by atoms with Crippen molar-refractivity contribution in [3.8, 4) is 11.8 Å². The first-order valence-electron chi connectivity index (χ1n) is 5.72. The molecule has 3 nitrogen and oxygen atoms in total. The van der Waals surface area contributed by atoms with Crippen LogP contribution >= 0.6 is 0 Å². The maximum Gasteiger partial charge on any atom is 0.307 e. The Morgan fingerprint density at radius 2 is 2.00 bits per heavy atom. The molecular formula is C14H17NO2. The molecule has 0 heterocycles. The Labute approximate surface area is 102 Å². The molecule has 0 atom stereocenters. The Balaban J connectivity index is 2.37. The largest absolute Gasteiger partial charge is 0.481 e. The number of carboxylic acids is 1. The first-order valence-corrected chi connectivity index (χ1v) is 5.72. The van der Waals surface area contributed by atoms with Gasteiger partial charge in [-0.05, 0) is 17.7 Å². The molecule has 0 amide bonds. The van der Waals surface area contributed by atoms with Crippen molar-refractivity contribution >= 4 is 11.7 Å². The summed E-state index contributed by atoms with van der Waals surface area (Å²) >= 11 is 0. The predicted octanol–water partition coefficient (Wildman–Crippen LogP) is 2.53. The molecule has 2 N–H and O–H groups in total. The summed E-state index contributed by atoms with van der Waals surface area (Å²) in [5, 5.41) is 11.9. The molecule has 0 unspecified atom stereocenters. The Kier molecular flexibility index (Phi) is 5.67. The van der Waals surface area contributed by atoms with Gasteiger partial charge in [0.25, 0.3) is 0 Å². The van der Waals surface area contributed by atoms with Crippen LogP contribution in [-0.4, -0.2) is 17.6 Å². The number of nitrogens with one attached hydrogen (secondary N) is 1. The second-order valence-corrected chi connectivity index (χ2v) is 3.65. The molecular weight excluding hydrogens is 214 g/mol. The lowest BCUT2D eigenvalue weighted by Gasteiger charge is -2.04. The summed E-state index contributed by atoms with van der Waals surface area (Å²) in [5.41, 5.74) is 1.81. The van der Waals surface area contributed by atoms with Gasteiger partial charge in [0.15, 0.2) is 0 Å². The molecule has 0 aliphatic rings. The molecule has 90 valence electrons. The van der Waals surface area contributed by atoms with Gasteiger partial charge in [0.1, 0.15) is 0 Å². The number of anilines is 1. The zero-order valence-electron chi connectivity index (χ0n) is 9.99. The van der Waals surface area contributed by atoms with Gasteiger partial charge in [-0.1, -0.05) is 19.1 Å². The summed E-state index contributed by atoms with van der Waals surface area (Å²) in [5.74, 6) is 5.26. The van der Waals surface area contributed by atoms with Crippen molar-refractivity contribution in [3.63, 3.8) is 0 Å². The van der Waals surface area contributed by atoms with Gasteiger partial charge in [-0.25, -0.2) is 0 Å². The van der Waals surface area contributed by atoms with Crippen molar-refractivity contribution in [2.24, 2.45) is 0 Å². The Bertz CT molecular complexity index is 412. The van der Waals surface area contributed by atoms with Gasteiger partial charge in [-0.15, -0.1) is 11.8 Å². The lowest BCUT2D eigenvalue weighted by molar-refractivity contribution is -0.136. The minimum absolute atomic E-state index is 0.0717. The smallest absolute Gasteiger partial charge is 0.307 e. The Hall–Kier alpha value is -1.95. The van der Waals surface area contributed by atoms with Crippen LogP contribution in [0, 0.1) is 11.8 Å². The van der Waals surface area contributed by atoms with Gasteiger partial charge in [-0.3, -0.25) is 4.79 Å². The van der Waals surface area contributed by atoms with E-state index in [2.05, 4.69) is 17.2 Å². The zero-order valence-corrected chi connectivity index (χ0v) is 9.99. The lowest BCUT2D eigenvalue weighted by Crippen LogP contribution is -2.02. The van der Waals surface area contributed by atoms with Crippen LogP contribution in [0.5, 0.6) is 0 Å². The minimum atomic E-state index is -0.805. The van der Waals surface area contributed by atoms with Gasteiger partial charge in [-0.2, -0.15) is 0 Å². The molecule has 1 rings (SSSR count). The van der Waals surface area contributed by atoms with E-state index >= 15 is 0 Å². The monoisotopic (exact) mass is 231 g/mol. The fraction of sp³-hybridized carbons (Fsp3) is 0.357. The van der Waals surface area contributed by atoms with E-state index in [9.17, 15) is 4.79 Å². The van der Waals surface area contributed by atoms with E-state index in [0.29, 0.717) is 0 Å². The van der Waals surface area contributed by atoms with E-state index < -0.39 is 5.97 Å². The summed E-state index contributed by atoms with van der Waals surface area (Å²) in [6.07, 6.45) is 1.79. The lowest BCUT2D eigenvalue weighted by atomic mass is 10.1. The van der Waals surface area contributed by atoms with Gasteiger partial charge in [0, 0.05) is 25.1 Å². The number of carbonyl (C=O) groups is 1. The van der Waals surface area contributed by atoms with Crippen molar-refractivity contribution < 1.29 is 9.90 Å². The maximum atomic E-state index is 10.5. The molecule has 1 aromatic carbocycles. The van der Waals surface area contributed by atoms with Crippen LogP contribution in [0.3, 0.4) is 0 Å². The van der Waals surface area contributed by atoms with Gasteiger partial charge in [0.2, 0.25) is 0 Å². The SMILES string of the molecule is CCC#CCCNc1ccc(CC(=O)O)cc1. The minimum Gasteiger partial charge on any atom is -0.481 e. The number of benzene rings is 1. The molecule has 0 aliphatic heterocycles. The van der Waals surface area contributed by atoms with Crippen molar-refractivity contribution in [1.82, 2.24) is 0 Å². The molecule has 3 heteroatoms. The fourth-order valence-corrected chi connectivity index (χ4v) is 1.40. The van der Waals surface area contributed by atoms with Gasteiger partial charge >= 0.3 is 5.97 Å². The summed E-state index contributed by atoms with van der Waals surface area (Å²) in [4.78, 5) is 10.5. The summed E-state index contributed by atoms with van der Waals surface area (Å²) in [6.45, 7) is 2.84. The first-order chi connectivity index (χ1) is 8.22. The third-order valence-electron chi connectivity index (χ3n) is 2.19. The topological polar surface area (TPSA) is 49.3 Å². The zero-order chi connectivity index (χ0) is 12.5. The fourth-order valence-electron chi connectivity index (χ4n) is 1.40. The average molecular weight is 231 g/mol. The molecule has 0 bridgehead atoms. The van der Waals surface area contributed by atoms with Crippen molar-refractivity contribution in [2.45, 2.75) is 26.2 Å². The highest BCUT2D eigenvalue weighted by Gasteiger charge is 1.99. The van der Waals surface area contributed by atoms with Crippen LogP contribution in [0.25, 0.3) is 0 Å². The van der Waals surface area contributed by atoms with Gasteiger partial charge in [0.05, 0.1) is 6.42 Å². The van der Waals surface area contributed by atoms with Crippen molar-refractivity contribution in [2.75, 3.05) is 11.9 Å². The highest BCUT2D eigenvalue weighted by atomic mass is 16.4. The van der Waals surface area contributed by atoms with E-state index in [1.807, 2.05) is 31.2 Å². The number of rotatable bonds is 5. The van der Waals surface area contributed by atoms with E-state index in [0.717, 1.165) is 30.6 Å². The highest BCUT2D eigenvalue weighted by molar-refractivity contribution is 5.70. The molecule has 0 aromatic heterocycles. The Morgan fingerprint density at radius 1 is 1.29 bits per heavy atom. The molecule has 0 radical (unpaired) electrons. The van der Waals surface area contributed by atoms with Crippen molar-refractivity contribution in [3.05, 3.63) is 29.8 Å². The summed E-state index contributed by atoms with van der Waals surface area (Å²) in [6, 6.07) is 7.44. The van der Waals surface area contributed by atoms with E-state index in [4.69, 9.17) is 5.11 Å². The van der Waals surface area contributed by atoms with E-state index in [1.54, 1.807) is 0 Å². The Morgan fingerprint density at radius 3 is 2.59 bits per heavy atom. The third-order valence-corrected chi connectivity index (χ3v) is 2.19. The second-order valence-electron chi connectivity index (χ2n) is 3.65. The maximum absolute atomic E-state index is 10.5. The van der Waals surface area contributed by atoms with Crippen LogP contribution in [-0.2, 0) is 11.2 Å². The van der Waals surface area contributed by atoms with Crippen LogP contribution in [0.2, 0.25) is 0 Å². The molecule has 0 aliphatic carbocycles. The molecule has 1 aromatic rings. The average Bonchev–Trinajstić information content (AvgIpc) is 2.30. The summed E-state index contributed by atoms with van der Waals surface area (Å²) < 4.78 is 0. The van der Waals surface area contributed by atoms with Crippen LogP contribution in [0.15, 0.2) is 24.3 Å². The predicted molar refractivity (Wildman–Crippen MR) is 69.0 cm³/mol. The van der Waals surface area contributed by atoms with Crippen LogP contribution in [0.1, 0.15) is 25.3 Å².